The molecule has 27 rings (SSSR count). The molecule has 0 amide bonds. The lowest BCUT2D eigenvalue weighted by atomic mass is 9.84. The minimum absolute atomic E-state index is 0.851. The number of nitrogens with zero attached hydrogens (tertiary/aromatic N) is 9. The normalized spacial score (nSPS) is 11.4. The van der Waals surface area contributed by atoms with Gasteiger partial charge >= 0.3 is 0 Å². The first-order chi connectivity index (χ1) is 70.9. The molecular formula is C134H87N9. The lowest BCUT2D eigenvalue weighted by Gasteiger charge is -2.19. The van der Waals surface area contributed by atoms with Gasteiger partial charge in [0.25, 0.3) is 0 Å². The van der Waals surface area contributed by atoms with E-state index in [-0.39, 0.29) is 0 Å². The third-order valence-electron chi connectivity index (χ3n) is 27.6. The van der Waals surface area contributed by atoms with Crippen molar-refractivity contribution in [2.75, 3.05) is 0 Å². The molecule has 27 aromatic rings. The molecule has 0 fully saturated rings. The summed E-state index contributed by atoms with van der Waals surface area (Å²) in [6, 6.07) is 167. The molecule has 0 saturated carbocycles. The molecule has 8 heterocycles. The zero-order chi connectivity index (χ0) is 94.9. The van der Waals surface area contributed by atoms with Crippen LogP contribution in [0.2, 0.25) is 0 Å². The van der Waals surface area contributed by atoms with Gasteiger partial charge in [0.05, 0.1) is 33.8 Å². The lowest BCUT2D eigenvalue weighted by molar-refractivity contribution is 1.10. The van der Waals surface area contributed by atoms with Crippen molar-refractivity contribution < 1.29 is 0 Å². The molecule has 0 unspecified atom stereocenters. The molecule has 8 aromatic heterocycles. The molecule has 0 bridgehead atoms. The Morgan fingerprint density at radius 1 is 0.154 bits per heavy atom. The standard InChI is InChI=1S/C53H34N2.C41H27N3.C40H26N4/c1-2-16-44(17-3-1)55-50-21-11-10-20-49(50)54-53(55)38-26-22-37(23-27-38)41-30-31-47-48(34-41)52(43-29-25-36-13-5-7-15-40(36)33-43)46-19-9-8-18-45(46)51(47)42-28-24-35-12-4-6-14-39(35)32-42;1-2-7-28(8-3-1)32-13-14-38-39(25-32)40(33-10-6-9-31(23-33)29-15-19-42-20-16-29)36-11-4-5-12-37(36)41(38)35-24-34(26-44-27-35)30-17-21-43-22-18-30;1-2-10-27(11-3-1)28-16-19-33-34(24-28)40(30-18-21-38(44-26-30)36-15-7-9-23-42-36)32-13-5-4-12-31(32)39(33)29-17-20-37(43-25-29)35-14-6-8-22-41-35/h1-34H;1-27H;1-26H. The molecule has 143 heavy (non-hydrogen) atoms. The number of para-hydroxylation sites is 3. The molecule has 0 aliphatic rings. The highest BCUT2D eigenvalue weighted by molar-refractivity contribution is 6.26. The van der Waals surface area contributed by atoms with Crippen LogP contribution in [0.15, 0.2) is 529 Å². The Labute approximate surface area is 827 Å². The van der Waals surface area contributed by atoms with Gasteiger partial charge in [0.2, 0.25) is 0 Å². The molecule has 9 heteroatoms. The molecule has 9 nitrogen and oxygen atoms in total. The summed E-state index contributed by atoms with van der Waals surface area (Å²) < 4.78 is 2.26. The van der Waals surface area contributed by atoms with Gasteiger partial charge in [-0.05, 0) is 314 Å². The van der Waals surface area contributed by atoms with Gasteiger partial charge in [-0.15, -0.1) is 0 Å². The fourth-order valence-corrected chi connectivity index (χ4v) is 20.9. The van der Waals surface area contributed by atoms with Gasteiger partial charge in [-0.3, -0.25) is 39.5 Å². The highest BCUT2D eigenvalue weighted by Crippen LogP contribution is 2.51. The van der Waals surface area contributed by atoms with Crippen LogP contribution in [0, 0.1) is 0 Å². The van der Waals surface area contributed by atoms with Crippen LogP contribution in [0.1, 0.15) is 0 Å². The summed E-state index contributed by atoms with van der Waals surface area (Å²) in [4.78, 5) is 37.0. The Morgan fingerprint density at radius 3 is 0.951 bits per heavy atom. The molecule has 0 saturated heterocycles. The molecule has 0 spiro atoms. The average molecular weight is 1820 g/mol. The number of imidazole rings is 1. The highest BCUT2D eigenvalue weighted by Gasteiger charge is 2.25. The van der Waals surface area contributed by atoms with E-state index < -0.39 is 0 Å². The maximum atomic E-state index is 5.12. The third-order valence-corrected chi connectivity index (χ3v) is 27.6. The second kappa shape index (κ2) is 37.7. The molecule has 0 aliphatic heterocycles. The zero-order valence-corrected chi connectivity index (χ0v) is 77.8. The quantitative estimate of drug-likeness (QED) is 0.0934. The predicted molar refractivity (Wildman–Crippen MR) is 595 cm³/mol. The Morgan fingerprint density at radius 2 is 0.476 bits per heavy atom. The molecule has 0 radical (unpaired) electrons. The van der Waals surface area contributed by atoms with Crippen LogP contribution in [-0.4, -0.2) is 44.4 Å². The fraction of sp³-hybridized carbons (Fsp3) is 0. The number of hydrogen-bond donors (Lipinski definition) is 0. The summed E-state index contributed by atoms with van der Waals surface area (Å²) in [5.74, 6) is 0.933. The van der Waals surface area contributed by atoms with Gasteiger partial charge in [-0.25, -0.2) is 4.98 Å². The molecule has 668 valence electrons. The van der Waals surface area contributed by atoms with Crippen LogP contribution in [-0.2, 0) is 0 Å². The summed E-state index contributed by atoms with van der Waals surface area (Å²) in [6.07, 6.45) is 18.8. The van der Waals surface area contributed by atoms with Gasteiger partial charge in [0.1, 0.15) is 5.82 Å². The second-order valence-corrected chi connectivity index (χ2v) is 36.0. The fourth-order valence-electron chi connectivity index (χ4n) is 20.9. The maximum absolute atomic E-state index is 5.12. The summed E-state index contributed by atoms with van der Waals surface area (Å²) in [5, 5.41) is 19.5. The largest absolute Gasteiger partial charge is 0.292 e. The van der Waals surface area contributed by atoms with Gasteiger partial charge in [-0.2, -0.15) is 0 Å². The van der Waals surface area contributed by atoms with Crippen LogP contribution in [0.25, 0.3) is 259 Å². The van der Waals surface area contributed by atoms with Crippen molar-refractivity contribution in [2.24, 2.45) is 0 Å². The summed E-state index contributed by atoms with van der Waals surface area (Å²) in [6.45, 7) is 0. The van der Waals surface area contributed by atoms with Gasteiger partial charge in [0.15, 0.2) is 0 Å². The van der Waals surface area contributed by atoms with Crippen LogP contribution in [0.5, 0.6) is 0 Å². The van der Waals surface area contributed by atoms with Crippen molar-refractivity contribution in [1.82, 2.24) is 44.4 Å². The Bertz CT molecular complexity index is 9460. The lowest BCUT2D eigenvalue weighted by Crippen LogP contribution is -1.97. The van der Waals surface area contributed by atoms with E-state index in [0.717, 1.165) is 101 Å². The van der Waals surface area contributed by atoms with E-state index in [0.29, 0.717) is 0 Å². The van der Waals surface area contributed by atoms with Crippen molar-refractivity contribution in [3.05, 3.63) is 529 Å². The van der Waals surface area contributed by atoms with E-state index in [1.165, 1.54) is 159 Å². The van der Waals surface area contributed by atoms with Gasteiger partial charge < -0.3 is 0 Å². The molecular weight excluding hydrogens is 1740 g/mol. The van der Waals surface area contributed by atoms with E-state index >= 15 is 0 Å². The van der Waals surface area contributed by atoms with Crippen LogP contribution >= 0.6 is 0 Å². The number of pyridine rings is 7. The number of benzene rings is 19. The minimum Gasteiger partial charge on any atom is -0.292 e. The number of hydrogen-bond acceptors (Lipinski definition) is 8. The van der Waals surface area contributed by atoms with E-state index in [1.54, 1.807) is 12.4 Å². The van der Waals surface area contributed by atoms with Crippen molar-refractivity contribution in [3.63, 3.8) is 0 Å². The van der Waals surface area contributed by atoms with Crippen LogP contribution in [0.3, 0.4) is 0 Å². The minimum atomic E-state index is 0.851. The predicted octanol–water partition coefficient (Wildman–Crippen LogP) is 34.7. The topological polar surface area (TPSA) is 108 Å². The van der Waals surface area contributed by atoms with Crippen molar-refractivity contribution in [2.45, 2.75) is 0 Å². The first kappa shape index (κ1) is 85.4. The SMILES string of the molecule is c1ccc(-c2ccc3c(-c4ccc(-c5ccccn5)nc4)c4ccccc4c(-c4ccc(-c5ccccn5)nc4)c3c2)cc1.c1ccc(-c2ccc3c(-c4cncc(-c5ccncc5)c4)c4ccccc4c(-c4cccc(-c5ccncc5)c4)c3c2)cc1.c1ccc(-n2c(-c3ccc(-c4ccc5c(-c6ccc7ccccc7c6)c6ccccc6c(-c6ccc7ccccc7c6)c5c4)cc3)nc3ccccc32)cc1. The zero-order valence-electron chi connectivity index (χ0n) is 77.8. The molecule has 0 aliphatic carbocycles. The van der Waals surface area contributed by atoms with Crippen molar-refractivity contribution in [1.29, 1.82) is 0 Å². The van der Waals surface area contributed by atoms with Crippen molar-refractivity contribution in [3.8, 4) is 162 Å². The van der Waals surface area contributed by atoms with E-state index in [9.17, 15) is 0 Å². The van der Waals surface area contributed by atoms with E-state index in [4.69, 9.17) is 19.9 Å². The Balaban J connectivity index is 0.000000114. The van der Waals surface area contributed by atoms with Gasteiger partial charge in [0, 0.05) is 95.5 Å². The third kappa shape index (κ3) is 16.5. The number of rotatable bonds is 15. The highest BCUT2D eigenvalue weighted by atomic mass is 15.1. The molecule has 0 atom stereocenters. The smallest absolute Gasteiger partial charge is 0.145 e. The number of aromatic nitrogens is 9. The Kier molecular flexibility index (Phi) is 22.5. The maximum Gasteiger partial charge on any atom is 0.145 e. The van der Waals surface area contributed by atoms with Gasteiger partial charge in [-0.1, -0.05) is 340 Å². The summed E-state index contributed by atoms with van der Waals surface area (Å²) in [7, 11) is 0. The average Bonchev–Trinajstić information content (AvgIpc) is 1.12. The second-order valence-electron chi connectivity index (χ2n) is 36.0. The summed E-state index contributed by atoms with van der Waals surface area (Å²) in [5.41, 5.74) is 33.3. The van der Waals surface area contributed by atoms with E-state index in [2.05, 4.69) is 443 Å². The van der Waals surface area contributed by atoms with Crippen LogP contribution in [0.4, 0.5) is 0 Å². The summed E-state index contributed by atoms with van der Waals surface area (Å²) >= 11 is 0. The monoisotopic (exact) mass is 1820 g/mol. The van der Waals surface area contributed by atoms with Crippen LogP contribution < -0.4 is 0 Å². The Hall–Kier alpha value is -19.2. The first-order valence-corrected chi connectivity index (χ1v) is 48.2. The molecule has 0 N–H and O–H groups in total. The first-order valence-electron chi connectivity index (χ1n) is 48.2. The van der Waals surface area contributed by atoms with Crippen molar-refractivity contribution >= 4 is 97.2 Å². The van der Waals surface area contributed by atoms with E-state index in [1.807, 2.05) is 98.1 Å². The molecule has 19 aromatic carbocycles. The number of fused-ring (bicyclic) bond motifs is 9.